The average Bonchev–Trinajstić information content (AvgIpc) is 2.73. The molecule has 2 atom stereocenters. The summed E-state index contributed by atoms with van der Waals surface area (Å²) < 4.78 is 0. The molecule has 0 aliphatic heterocycles. The summed E-state index contributed by atoms with van der Waals surface area (Å²) >= 11 is 0. The fourth-order valence-electron chi connectivity index (χ4n) is 4.24. The molecule has 3 rings (SSSR count). The Morgan fingerprint density at radius 3 is 1.52 bits per heavy atom. The Hall–Kier alpha value is -1.43. The second kappa shape index (κ2) is 12.3. The van der Waals surface area contributed by atoms with E-state index >= 15 is 0 Å². The molecule has 0 heterocycles. The number of hydrogen-bond donors (Lipinski definition) is 0. The third-order valence-corrected chi connectivity index (χ3v) is 6.68. The van der Waals surface area contributed by atoms with Gasteiger partial charge in [0.2, 0.25) is 0 Å². The first-order chi connectivity index (χ1) is 13.7. The van der Waals surface area contributed by atoms with Gasteiger partial charge in [-0.15, -0.1) is 26.2 Å². The molecular weight excluding hydrogens is 435 g/mol. The number of halogens is 1. The number of rotatable bonds is 10. The second-order valence-corrected chi connectivity index (χ2v) is 9.24. The highest BCUT2D eigenvalue weighted by Gasteiger charge is 2.34. The van der Waals surface area contributed by atoms with Gasteiger partial charge in [0.1, 0.15) is 0 Å². The molecular formula is C27H34BrP. The Kier molecular flexibility index (Phi) is 10.1. The van der Waals surface area contributed by atoms with Crippen molar-refractivity contribution in [3.8, 4) is 0 Å². The van der Waals surface area contributed by atoms with Crippen molar-refractivity contribution in [2.45, 2.75) is 50.6 Å². The largest absolute Gasteiger partial charge is 0.130 e. The second-order valence-electron chi connectivity index (χ2n) is 8.09. The summed E-state index contributed by atoms with van der Waals surface area (Å²) in [4.78, 5) is 0. The molecule has 0 saturated carbocycles. The highest BCUT2D eigenvalue weighted by molar-refractivity contribution is 8.93. The van der Waals surface area contributed by atoms with Crippen molar-refractivity contribution in [1.29, 1.82) is 0 Å². The summed E-state index contributed by atoms with van der Waals surface area (Å²) in [5, 5.41) is 0.147. The first-order valence-corrected chi connectivity index (χ1v) is 11.2. The van der Waals surface area contributed by atoms with Crippen LogP contribution >= 0.6 is 26.2 Å². The van der Waals surface area contributed by atoms with E-state index < -0.39 is 0 Å². The van der Waals surface area contributed by atoms with Gasteiger partial charge in [0.25, 0.3) is 0 Å². The van der Waals surface area contributed by atoms with Crippen molar-refractivity contribution < 1.29 is 0 Å². The van der Waals surface area contributed by atoms with Gasteiger partial charge < -0.3 is 0 Å². The van der Waals surface area contributed by atoms with Gasteiger partial charge in [-0.2, -0.15) is 0 Å². The zero-order chi connectivity index (χ0) is 19.7. The summed E-state index contributed by atoms with van der Waals surface area (Å²) in [6, 6.07) is 33.1. The molecule has 0 fully saturated rings. The molecule has 154 valence electrons. The topological polar surface area (TPSA) is 0 Å². The Morgan fingerprint density at radius 1 is 0.690 bits per heavy atom. The zero-order valence-corrected chi connectivity index (χ0v) is 20.3. The van der Waals surface area contributed by atoms with Crippen LogP contribution in [0, 0.1) is 5.92 Å². The molecule has 29 heavy (non-hydrogen) atoms. The standard InChI is InChI=1S/C27H33P.BrH/c1-2-3-19-26(20-23-13-7-4-8-14-23)27(28,21-24-15-9-5-10-16-24)22-25-17-11-6-12-18-25;/h4-18,26H,2-3,19-22,28H2,1H3;1H. The van der Waals surface area contributed by atoms with Crippen LogP contribution in [0.4, 0.5) is 0 Å². The van der Waals surface area contributed by atoms with Gasteiger partial charge >= 0.3 is 0 Å². The highest BCUT2D eigenvalue weighted by Crippen LogP contribution is 2.40. The summed E-state index contributed by atoms with van der Waals surface area (Å²) in [6.45, 7) is 2.30. The van der Waals surface area contributed by atoms with Crippen LogP contribution in [0.3, 0.4) is 0 Å². The lowest BCUT2D eigenvalue weighted by Crippen LogP contribution is -2.38. The van der Waals surface area contributed by atoms with Crippen LogP contribution in [-0.4, -0.2) is 5.16 Å². The molecule has 0 N–H and O–H groups in total. The minimum atomic E-state index is 0. The Bertz CT molecular complexity index is 760. The highest BCUT2D eigenvalue weighted by atomic mass is 79.9. The fourth-order valence-corrected chi connectivity index (χ4v) is 5.00. The normalized spacial score (nSPS) is 12.2. The summed E-state index contributed by atoms with van der Waals surface area (Å²) in [5.41, 5.74) is 4.32. The van der Waals surface area contributed by atoms with E-state index in [1.54, 1.807) is 0 Å². The van der Waals surface area contributed by atoms with Gasteiger partial charge in [-0.05, 0) is 53.4 Å². The lowest BCUT2D eigenvalue weighted by atomic mass is 9.76. The van der Waals surface area contributed by atoms with Gasteiger partial charge in [-0.1, -0.05) is 111 Å². The monoisotopic (exact) mass is 468 g/mol. The van der Waals surface area contributed by atoms with E-state index in [1.165, 1.54) is 36.0 Å². The third-order valence-electron chi connectivity index (χ3n) is 5.80. The van der Waals surface area contributed by atoms with E-state index in [2.05, 4.69) is 107 Å². The summed E-state index contributed by atoms with van der Waals surface area (Å²) in [5.74, 6) is 0.625. The molecule has 0 aliphatic carbocycles. The summed E-state index contributed by atoms with van der Waals surface area (Å²) in [6.07, 6.45) is 7.14. The molecule has 0 aromatic heterocycles. The number of unbranched alkanes of at least 4 members (excludes halogenated alkanes) is 1. The van der Waals surface area contributed by atoms with Gasteiger partial charge in [0, 0.05) is 0 Å². The minimum Gasteiger partial charge on any atom is -0.130 e. The predicted molar refractivity (Wildman–Crippen MR) is 136 cm³/mol. The fraction of sp³-hybridized carbons (Fsp3) is 0.333. The summed E-state index contributed by atoms with van der Waals surface area (Å²) in [7, 11) is 3.32. The smallest absolute Gasteiger partial charge is 0.00385 e. The number of benzene rings is 3. The quantitative estimate of drug-likeness (QED) is 0.267. The van der Waals surface area contributed by atoms with E-state index in [1.807, 2.05) is 0 Å². The molecule has 0 radical (unpaired) electrons. The van der Waals surface area contributed by atoms with Gasteiger partial charge in [-0.3, -0.25) is 0 Å². The lowest BCUT2D eigenvalue weighted by molar-refractivity contribution is 0.334. The first kappa shape index (κ1) is 23.8. The maximum atomic E-state index is 3.32. The Labute approximate surface area is 190 Å². The maximum Gasteiger partial charge on any atom is -0.00385 e. The molecule has 0 saturated heterocycles. The van der Waals surface area contributed by atoms with Crippen molar-refractivity contribution in [3.63, 3.8) is 0 Å². The van der Waals surface area contributed by atoms with Crippen molar-refractivity contribution in [1.82, 2.24) is 0 Å². The molecule has 2 unspecified atom stereocenters. The van der Waals surface area contributed by atoms with Gasteiger partial charge in [-0.25, -0.2) is 0 Å². The maximum absolute atomic E-state index is 3.32. The van der Waals surface area contributed by atoms with E-state index in [0.29, 0.717) is 5.92 Å². The van der Waals surface area contributed by atoms with Gasteiger partial charge in [0.15, 0.2) is 0 Å². The van der Waals surface area contributed by atoms with Crippen LogP contribution in [0.25, 0.3) is 0 Å². The van der Waals surface area contributed by atoms with Crippen LogP contribution in [0.1, 0.15) is 42.9 Å². The van der Waals surface area contributed by atoms with E-state index in [-0.39, 0.29) is 22.1 Å². The number of hydrogen-bond acceptors (Lipinski definition) is 0. The zero-order valence-electron chi connectivity index (χ0n) is 17.5. The van der Waals surface area contributed by atoms with E-state index in [9.17, 15) is 0 Å². The molecule has 0 nitrogen and oxygen atoms in total. The minimum absolute atomic E-state index is 0. The van der Waals surface area contributed by atoms with Crippen molar-refractivity contribution in [2.75, 3.05) is 0 Å². The van der Waals surface area contributed by atoms with Gasteiger partial charge in [0.05, 0.1) is 0 Å². The van der Waals surface area contributed by atoms with Crippen molar-refractivity contribution in [3.05, 3.63) is 108 Å². The SMILES string of the molecule is Br.CCCCC(Cc1ccccc1)C(P)(Cc1ccccc1)Cc1ccccc1. The molecule has 3 aromatic carbocycles. The van der Waals surface area contributed by atoms with Crippen molar-refractivity contribution >= 4 is 26.2 Å². The van der Waals surface area contributed by atoms with E-state index in [0.717, 1.165) is 19.3 Å². The first-order valence-electron chi connectivity index (χ1n) is 10.6. The molecule has 0 amide bonds. The molecule has 0 aliphatic rings. The Balaban J connectivity index is 0.00000300. The lowest BCUT2D eigenvalue weighted by Gasteiger charge is -2.39. The average molecular weight is 469 g/mol. The molecule has 0 spiro atoms. The van der Waals surface area contributed by atoms with E-state index in [4.69, 9.17) is 0 Å². The molecule has 0 bridgehead atoms. The van der Waals surface area contributed by atoms with Crippen LogP contribution in [0.2, 0.25) is 0 Å². The predicted octanol–water partition coefficient (Wildman–Crippen LogP) is 7.71. The molecule has 2 heteroatoms. The van der Waals surface area contributed by atoms with Crippen LogP contribution in [-0.2, 0) is 19.3 Å². The molecule has 3 aromatic rings. The third kappa shape index (κ3) is 7.40. The van der Waals surface area contributed by atoms with Crippen LogP contribution < -0.4 is 0 Å². The van der Waals surface area contributed by atoms with Crippen LogP contribution in [0.15, 0.2) is 91.0 Å². The van der Waals surface area contributed by atoms with Crippen molar-refractivity contribution in [2.24, 2.45) is 5.92 Å². The van der Waals surface area contributed by atoms with Crippen LogP contribution in [0.5, 0.6) is 0 Å². The Morgan fingerprint density at radius 2 is 1.10 bits per heavy atom.